The monoisotopic (exact) mass is 392 g/mol. The number of rotatable bonds is 5. The Kier molecular flexibility index (Phi) is 4.78. The molecular formula is C20H16N4O5. The zero-order valence-corrected chi connectivity index (χ0v) is 15.2. The summed E-state index contributed by atoms with van der Waals surface area (Å²) in [4.78, 5) is 40.7. The molecule has 1 aliphatic heterocycles. The number of esters is 1. The van der Waals surface area contributed by atoms with Gasteiger partial charge in [-0.3, -0.25) is 14.9 Å². The fourth-order valence-electron chi connectivity index (χ4n) is 3.20. The van der Waals surface area contributed by atoms with Gasteiger partial charge in [0.15, 0.2) is 0 Å². The number of nitrogens with zero attached hydrogens (tertiary/aromatic N) is 4. The molecule has 0 N–H and O–H groups in total. The second-order valence-electron chi connectivity index (χ2n) is 6.46. The van der Waals surface area contributed by atoms with Crippen molar-refractivity contribution < 1.29 is 19.2 Å². The van der Waals surface area contributed by atoms with Crippen molar-refractivity contribution in [3.05, 3.63) is 76.9 Å². The van der Waals surface area contributed by atoms with E-state index in [1.54, 1.807) is 35.4 Å². The molecule has 1 amide bonds. The van der Waals surface area contributed by atoms with Crippen LogP contribution < -0.4 is 9.64 Å². The van der Waals surface area contributed by atoms with Gasteiger partial charge in [0.25, 0.3) is 5.69 Å². The predicted octanol–water partition coefficient (Wildman–Crippen LogP) is 3.13. The first-order valence-electron chi connectivity index (χ1n) is 8.92. The van der Waals surface area contributed by atoms with E-state index >= 15 is 0 Å². The molecule has 0 aliphatic carbocycles. The summed E-state index contributed by atoms with van der Waals surface area (Å²) in [5.74, 6) is -0.359. The minimum Gasteiger partial charge on any atom is -0.423 e. The summed E-state index contributed by atoms with van der Waals surface area (Å²) in [6, 6.07) is 10.7. The molecule has 146 valence electrons. The largest absolute Gasteiger partial charge is 0.423 e. The van der Waals surface area contributed by atoms with Gasteiger partial charge in [-0.2, -0.15) is 0 Å². The van der Waals surface area contributed by atoms with Crippen LogP contribution in [0.4, 0.5) is 11.4 Å². The van der Waals surface area contributed by atoms with Crippen LogP contribution in [0, 0.1) is 10.1 Å². The highest BCUT2D eigenvalue weighted by molar-refractivity contribution is 5.95. The van der Waals surface area contributed by atoms with E-state index in [1.165, 1.54) is 35.3 Å². The number of anilines is 1. The number of aromatic nitrogens is 2. The molecule has 0 saturated carbocycles. The first kappa shape index (κ1) is 18.4. The number of imidazole rings is 1. The number of nitro groups is 1. The van der Waals surface area contributed by atoms with Crippen molar-refractivity contribution in [2.75, 3.05) is 11.4 Å². The number of carbonyl (C=O) groups excluding carboxylic acids is 2. The summed E-state index contributed by atoms with van der Waals surface area (Å²) < 4.78 is 6.82. The number of carbonyl (C=O) groups is 2. The van der Waals surface area contributed by atoms with Crippen molar-refractivity contribution >= 4 is 23.3 Å². The number of benzene rings is 2. The second-order valence-corrected chi connectivity index (χ2v) is 6.46. The van der Waals surface area contributed by atoms with Gasteiger partial charge in [0.1, 0.15) is 11.4 Å². The van der Waals surface area contributed by atoms with Gasteiger partial charge in [-0.1, -0.05) is 0 Å². The lowest BCUT2D eigenvalue weighted by Gasteiger charge is -2.15. The number of hydrogen-bond donors (Lipinski definition) is 0. The summed E-state index contributed by atoms with van der Waals surface area (Å²) in [5.41, 5.74) is 0.857. The maximum absolute atomic E-state index is 12.5. The highest BCUT2D eigenvalue weighted by Crippen LogP contribution is 2.27. The topological polar surface area (TPSA) is 108 Å². The predicted molar refractivity (Wildman–Crippen MR) is 103 cm³/mol. The van der Waals surface area contributed by atoms with Crippen molar-refractivity contribution in [2.45, 2.75) is 12.8 Å². The Morgan fingerprint density at radius 1 is 1.17 bits per heavy atom. The van der Waals surface area contributed by atoms with E-state index in [0.717, 1.165) is 12.1 Å². The summed E-state index contributed by atoms with van der Waals surface area (Å²) in [6.07, 6.45) is 5.87. The Bertz CT molecular complexity index is 1080. The van der Waals surface area contributed by atoms with Gasteiger partial charge in [-0.15, -0.1) is 0 Å². The summed E-state index contributed by atoms with van der Waals surface area (Å²) in [6.45, 7) is 0.672. The number of hydrogen-bond acceptors (Lipinski definition) is 6. The van der Waals surface area contributed by atoms with Crippen molar-refractivity contribution in [3.63, 3.8) is 0 Å². The molecule has 1 saturated heterocycles. The van der Waals surface area contributed by atoms with E-state index in [9.17, 15) is 19.7 Å². The van der Waals surface area contributed by atoms with Crippen LogP contribution in [0.5, 0.6) is 5.75 Å². The minimum atomic E-state index is -0.713. The number of ether oxygens (including phenoxy) is 1. The first-order chi connectivity index (χ1) is 14.0. The van der Waals surface area contributed by atoms with Gasteiger partial charge < -0.3 is 14.2 Å². The molecule has 2 heterocycles. The SMILES string of the molecule is O=C(Oc1ccc(N2CCCC2=O)cc1)c1ccc(-n2ccnc2)c([N+](=O)[O-])c1. The summed E-state index contributed by atoms with van der Waals surface area (Å²) >= 11 is 0. The van der Waals surface area contributed by atoms with Crippen LogP contribution in [-0.4, -0.2) is 32.9 Å². The molecule has 0 unspecified atom stereocenters. The average Bonchev–Trinajstić information content (AvgIpc) is 3.40. The molecule has 4 rings (SSSR count). The molecule has 0 radical (unpaired) electrons. The molecule has 3 aromatic rings. The van der Waals surface area contributed by atoms with Gasteiger partial charge >= 0.3 is 5.97 Å². The lowest BCUT2D eigenvalue weighted by molar-refractivity contribution is -0.384. The summed E-state index contributed by atoms with van der Waals surface area (Å²) in [5, 5.41) is 11.4. The van der Waals surface area contributed by atoms with Gasteiger partial charge in [-0.25, -0.2) is 9.78 Å². The molecule has 9 heteroatoms. The molecule has 2 aromatic carbocycles. The van der Waals surface area contributed by atoms with Crippen molar-refractivity contribution in [1.29, 1.82) is 0 Å². The van der Waals surface area contributed by atoms with Gasteiger partial charge in [0.2, 0.25) is 5.91 Å². The van der Waals surface area contributed by atoms with E-state index in [4.69, 9.17) is 4.74 Å². The van der Waals surface area contributed by atoms with Crippen molar-refractivity contribution in [1.82, 2.24) is 9.55 Å². The molecule has 1 fully saturated rings. The third-order valence-electron chi connectivity index (χ3n) is 4.62. The molecule has 0 atom stereocenters. The standard InChI is InChI=1S/C20H16N4O5/c25-19-2-1-10-23(19)15-4-6-16(7-5-15)29-20(26)14-3-8-17(18(12-14)24(27)28)22-11-9-21-13-22/h3-9,11-13H,1-2,10H2. The molecule has 1 aliphatic rings. The zero-order chi connectivity index (χ0) is 20.4. The number of amides is 1. The van der Waals surface area contributed by atoms with Crippen molar-refractivity contribution in [2.24, 2.45) is 0 Å². The van der Waals surface area contributed by atoms with E-state index in [-0.39, 0.29) is 22.9 Å². The Morgan fingerprint density at radius 2 is 1.97 bits per heavy atom. The van der Waals surface area contributed by atoms with Crippen LogP contribution in [0.3, 0.4) is 0 Å². The minimum absolute atomic E-state index is 0.0550. The van der Waals surface area contributed by atoms with Gasteiger partial charge in [0, 0.05) is 37.1 Å². The lowest BCUT2D eigenvalue weighted by atomic mass is 10.1. The molecular weight excluding hydrogens is 376 g/mol. The average molecular weight is 392 g/mol. The molecule has 0 spiro atoms. The normalized spacial score (nSPS) is 13.5. The highest BCUT2D eigenvalue weighted by Gasteiger charge is 2.22. The van der Waals surface area contributed by atoms with E-state index < -0.39 is 10.9 Å². The molecule has 1 aromatic heterocycles. The molecule has 0 bridgehead atoms. The van der Waals surface area contributed by atoms with Crippen molar-refractivity contribution in [3.8, 4) is 11.4 Å². The Morgan fingerprint density at radius 3 is 2.59 bits per heavy atom. The second kappa shape index (κ2) is 7.55. The van der Waals surface area contributed by atoms with Crippen LogP contribution in [0.1, 0.15) is 23.2 Å². The van der Waals surface area contributed by atoms with Gasteiger partial charge in [0.05, 0.1) is 16.8 Å². The maximum atomic E-state index is 12.5. The Balaban J connectivity index is 1.53. The fraction of sp³-hybridized carbons (Fsp3) is 0.150. The molecule has 29 heavy (non-hydrogen) atoms. The third kappa shape index (κ3) is 3.70. The van der Waals surface area contributed by atoms with Crippen LogP contribution in [-0.2, 0) is 4.79 Å². The van der Waals surface area contributed by atoms with E-state index in [1.807, 2.05) is 0 Å². The van der Waals surface area contributed by atoms with Crippen LogP contribution in [0.15, 0.2) is 61.2 Å². The van der Waals surface area contributed by atoms with E-state index in [0.29, 0.717) is 18.7 Å². The maximum Gasteiger partial charge on any atom is 0.343 e. The highest BCUT2D eigenvalue weighted by atomic mass is 16.6. The zero-order valence-electron chi connectivity index (χ0n) is 15.2. The smallest absolute Gasteiger partial charge is 0.343 e. The Labute approximate surface area is 165 Å². The fourth-order valence-corrected chi connectivity index (χ4v) is 3.20. The number of nitro benzene ring substituents is 1. The van der Waals surface area contributed by atoms with Crippen LogP contribution in [0.25, 0.3) is 5.69 Å². The first-order valence-corrected chi connectivity index (χ1v) is 8.92. The third-order valence-corrected chi connectivity index (χ3v) is 4.62. The quantitative estimate of drug-likeness (QED) is 0.286. The van der Waals surface area contributed by atoms with E-state index in [2.05, 4.69) is 4.98 Å². The summed E-state index contributed by atoms with van der Waals surface area (Å²) in [7, 11) is 0. The van der Waals surface area contributed by atoms with Crippen LogP contribution in [0.2, 0.25) is 0 Å². The lowest BCUT2D eigenvalue weighted by Crippen LogP contribution is -2.23. The molecule has 9 nitrogen and oxygen atoms in total. The van der Waals surface area contributed by atoms with Gasteiger partial charge in [-0.05, 0) is 42.8 Å². The Hall–Kier alpha value is -4.01. The van der Waals surface area contributed by atoms with Crippen LogP contribution >= 0.6 is 0 Å².